The highest BCUT2D eigenvalue weighted by molar-refractivity contribution is 7.38. The van der Waals surface area contributed by atoms with Crippen molar-refractivity contribution in [2.24, 2.45) is 0 Å². The van der Waals surface area contributed by atoms with Gasteiger partial charge >= 0.3 is 8.03 Å². The largest absolute Gasteiger partial charge is 0.528 e. The lowest BCUT2D eigenvalue weighted by Gasteiger charge is -2.23. The van der Waals surface area contributed by atoms with Crippen molar-refractivity contribution in [1.29, 1.82) is 0 Å². The molecular formula is C13H9NO4P+. The number of nitrogens with zero attached hydrogens (tertiary/aromatic N) is 1. The molecule has 3 rings (SSSR count). The van der Waals surface area contributed by atoms with Crippen LogP contribution in [-0.4, -0.2) is 27.9 Å². The molecule has 0 aromatic heterocycles. The number of carbonyl (C=O) groups excluding carboxylic acids is 2. The van der Waals surface area contributed by atoms with Crippen molar-refractivity contribution < 1.29 is 19.0 Å². The molecule has 2 aromatic rings. The Hall–Kier alpha value is -2.10. The third-order valence-corrected chi connectivity index (χ3v) is 3.64. The van der Waals surface area contributed by atoms with Gasteiger partial charge in [0.1, 0.15) is 0 Å². The molecule has 1 unspecified atom stereocenters. The number of imide groups is 1. The Morgan fingerprint density at radius 3 is 2.00 bits per heavy atom. The molecule has 0 spiro atoms. The monoisotopic (exact) mass is 274 g/mol. The van der Waals surface area contributed by atoms with E-state index in [-0.39, 0.29) is 0 Å². The van der Waals surface area contributed by atoms with Gasteiger partial charge in [0, 0.05) is 16.5 Å². The fourth-order valence-electron chi connectivity index (χ4n) is 2.33. The second-order valence-corrected chi connectivity index (χ2v) is 5.23. The standard InChI is InChI=1S/C13H8NO4P/c15-12-9-5-1-3-8-4-2-6-10(11(8)9)13(16)14(12)7-19(17)18/h1-6H,7H2/p+1. The summed E-state index contributed by atoms with van der Waals surface area (Å²) in [5, 5.41) is 1.43. The molecule has 1 aliphatic heterocycles. The van der Waals surface area contributed by atoms with E-state index in [0.717, 1.165) is 10.3 Å². The highest BCUT2D eigenvalue weighted by Gasteiger charge is 2.36. The molecule has 0 aliphatic carbocycles. The molecule has 2 aromatic carbocycles. The second-order valence-electron chi connectivity index (χ2n) is 4.24. The van der Waals surface area contributed by atoms with Gasteiger partial charge in [-0.3, -0.25) is 9.59 Å². The van der Waals surface area contributed by atoms with Crippen molar-refractivity contribution >= 4 is 30.6 Å². The number of hydrogen-bond acceptors (Lipinski definition) is 3. The highest BCUT2D eigenvalue weighted by Crippen LogP contribution is 2.31. The van der Waals surface area contributed by atoms with E-state index < -0.39 is 26.1 Å². The Labute approximate surface area is 109 Å². The van der Waals surface area contributed by atoms with Crippen LogP contribution >= 0.6 is 8.03 Å². The maximum absolute atomic E-state index is 12.2. The summed E-state index contributed by atoms with van der Waals surface area (Å²) in [4.78, 5) is 34.2. The molecule has 1 atom stereocenters. The Kier molecular flexibility index (Phi) is 2.66. The van der Waals surface area contributed by atoms with E-state index in [1.54, 1.807) is 24.3 Å². The van der Waals surface area contributed by atoms with Crippen LogP contribution in [0.3, 0.4) is 0 Å². The van der Waals surface area contributed by atoms with Gasteiger partial charge in [0.25, 0.3) is 18.1 Å². The van der Waals surface area contributed by atoms with Crippen molar-refractivity contribution in [3.63, 3.8) is 0 Å². The molecule has 1 aliphatic rings. The third kappa shape index (κ3) is 1.75. The SMILES string of the molecule is O=C1c2cccc3cccc(c23)C(=O)N1C[P+](=O)O. The van der Waals surface area contributed by atoms with Gasteiger partial charge in [0.2, 0.25) is 0 Å². The van der Waals surface area contributed by atoms with Gasteiger partial charge in [0.15, 0.2) is 0 Å². The normalized spacial score (nSPS) is 15.0. The molecule has 0 fully saturated rings. The van der Waals surface area contributed by atoms with Gasteiger partial charge in [-0.2, -0.15) is 4.89 Å². The lowest BCUT2D eigenvalue weighted by Crippen LogP contribution is -2.39. The summed E-state index contributed by atoms with van der Waals surface area (Å²) < 4.78 is 10.9. The predicted octanol–water partition coefficient (Wildman–Crippen LogP) is 2.13. The molecule has 1 N–H and O–H groups in total. The van der Waals surface area contributed by atoms with Crippen LogP contribution in [0.25, 0.3) is 10.8 Å². The maximum atomic E-state index is 12.2. The minimum absolute atomic E-state index is 0.393. The first kappa shape index (κ1) is 12.0. The number of rotatable bonds is 2. The number of carbonyl (C=O) groups is 2. The van der Waals surface area contributed by atoms with Crippen LogP contribution in [0.5, 0.6) is 0 Å². The molecule has 0 saturated heterocycles. The average Bonchev–Trinajstić information content (AvgIpc) is 2.40. The first-order valence-corrected chi connectivity index (χ1v) is 7.01. The first-order valence-electron chi connectivity index (χ1n) is 5.61. The summed E-state index contributed by atoms with van der Waals surface area (Å²) in [5.74, 6) is -1.04. The quantitative estimate of drug-likeness (QED) is 0.672. The van der Waals surface area contributed by atoms with Crippen molar-refractivity contribution in [2.45, 2.75) is 0 Å². The molecule has 0 radical (unpaired) electrons. The van der Waals surface area contributed by atoms with Crippen LogP contribution in [-0.2, 0) is 4.57 Å². The van der Waals surface area contributed by atoms with Crippen molar-refractivity contribution in [1.82, 2.24) is 4.90 Å². The van der Waals surface area contributed by atoms with Gasteiger partial charge in [0.05, 0.1) is 0 Å². The lowest BCUT2D eigenvalue weighted by molar-refractivity contribution is 0.0635. The zero-order valence-electron chi connectivity index (χ0n) is 9.74. The topological polar surface area (TPSA) is 74.7 Å². The summed E-state index contributed by atoms with van der Waals surface area (Å²) in [6, 6.07) is 10.4. The summed E-state index contributed by atoms with van der Waals surface area (Å²) in [7, 11) is -2.59. The van der Waals surface area contributed by atoms with Crippen molar-refractivity contribution in [2.75, 3.05) is 6.29 Å². The van der Waals surface area contributed by atoms with Crippen LogP contribution in [0.4, 0.5) is 0 Å². The van der Waals surface area contributed by atoms with Crippen LogP contribution in [0.1, 0.15) is 20.7 Å². The fourth-order valence-corrected chi connectivity index (χ4v) is 2.83. The molecule has 0 bridgehead atoms. The van der Waals surface area contributed by atoms with Crippen LogP contribution in [0.2, 0.25) is 0 Å². The van der Waals surface area contributed by atoms with E-state index in [9.17, 15) is 14.2 Å². The molecule has 6 heteroatoms. The maximum Gasteiger partial charge on any atom is 0.528 e. The molecule has 94 valence electrons. The Balaban J connectivity index is 2.28. The molecule has 19 heavy (non-hydrogen) atoms. The number of amides is 2. The van der Waals surface area contributed by atoms with Gasteiger partial charge in [-0.05, 0) is 22.1 Å². The molecule has 0 saturated carbocycles. The van der Waals surface area contributed by atoms with Crippen molar-refractivity contribution in [3.05, 3.63) is 47.5 Å². The first-order chi connectivity index (χ1) is 9.09. The molecular weight excluding hydrogens is 265 g/mol. The molecule has 5 nitrogen and oxygen atoms in total. The van der Waals surface area contributed by atoms with E-state index in [1.165, 1.54) is 0 Å². The fraction of sp³-hybridized carbons (Fsp3) is 0.0769. The van der Waals surface area contributed by atoms with Crippen LogP contribution < -0.4 is 0 Å². The summed E-state index contributed by atoms with van der Waals surface area (Å²) in [6.45, 7) is 0. The van der Waals surface area contributed by atoms with E-state index >= 15 is 0 Å². The van der Waals surface area contributed by atoms with E-state index in [4.69, 9.17) is 4.89 Å². The van der Waals surface area contributed by atoms with Crippen LogP contribution in [0.15, 0.2) is 36.4 Å². The van der Waals surface area contributed by atoms with Crippen molar-refractivity contribution in [3.8, 4) is 0 Å². The Morgan fingerprint density at radius 2 is 1.53 bits per heavy atom. The van der Waals surface area contributed by atoms with E-state index in [0.29, 0.717) is 16.5 Å². The summed E-state index contributed by atoms with van der Waals surface area (Å²) in [6.07, 6.45) is -0.474. The van der Waals surface area contributed by atoms with Gasteiger partial charge in [-0.25, -0.2) is 4.90 Å². The van der Waals surface area contributed by atoms with E-state index in [2.05, 4.69) is 0 Å². The number of hydrogen-bond donors (Lipinski definition) is 1. The van der Waals surface area contributed by atoms with Gasteiger partial charge < -0.3 is 0 Å². The number of benzene rings is 2. The molecule has 1 heterocycles. The summed E-state index contributed by atoms with van der Waals surface area (Å²) >= 11 is 0. The Bertz CT molecular complexity index is 690. The minimum atomic E-state index is -2.59. The molecule has 2 amide bonds. The van der Waals surface area contributed by atoms with Gasteiger partial charge in [-0.15, -0.1) is 0 Å². The lowest BCUT2D eigenvalue weighted by atomic mass is 9.94. The van der Waals surface area contributed by atoms with Crippen LogP contribution in [0, 0.1) is 0 Å². The van der Waals surface area contributed by atoms with E-state index in [1.807, 2.05) is 12.1 Å². The highest BCUT2D eigenvalue weighted by atomic mass is 31.1. The third-order valence-electron chi connectivity index (χ3n) is 3.12. The zero-order chi connectivity index (χ0) is 13.6. The minimum Gasteiger partial charge on any atom is -0.268 e. The summed E-state index contributed by atoms with van der Waals surface area (Å²) in [5.41, 5.74) is 0.786. The predicted molar refractivity (Wildman–Crippen MR) is 69.1 cm³/mol. The average molecular weight is 274 g/mol. The van der Waals surface area contributed by atoms with Gasteiger partial charge in [-0.1, -0.05) is 24.3 Å². The second kappa shape index (κ2) is 4.23. The smallest absolute Gasteiger partial charge is 0.268 e. The zero-order valence-corrected chi connectivity index (χ0v) is 10.6. The Morgan fingerprint density at radius 1 is 1.00 bits per heavy atom.